The zero-order valence-electron chi connectivity index (χ0n) is 14.4. The molecule has 1 aromatic carbocycles. The predicted molar refractivity (Wildman–Crippen MR) is 98.6 cm³/mol. The van der Waals surface area contributed by atoms with Crippen LogP contribution in [0.5, 0.6) is 0 Å². The van der Waals surface area contributed by atoms with Crippen molar-refractivity contribution in [2.24, 2.45) is 0 Å². The van der Waals surface area contributed by atoms with E-state index in [2.05, 4.69) is 25.1 Å². The summed E-state index contributed by atoms with van der Waals surface area (Å²) in [7, 11) is -1.41. The molecule has 1 aliphatic carbocycles. The molecule has 1 saturated heterocycles. The van der Waals surface area contributed by atoms with Gasteiger partial charge in [0.25, 0.3) is 5.89 Å². The molecule has 142 valence electrons. The first-order valence-electron chi connectivity index (χ1n) is 8.40. The molecule has 4 rings (SSSR count). The molecule has 1 unspecified atom stereocenters. The predicted octanol–water partition coefficient (Wildman–Crippen LogP) is 1.18. The minimum Gasteiger partial charge on any atom is -0.334 e. The van der Waals surface area contributed by atoms with E-state index in [0.717, 1.165) is 32.5 Å². The summed E-state index contributed by atoms with van der Waals surface area (Å²) < 4.78 is 32.4. The number of sulfonamides is 1. The Labute approximate surface area is 158 Å². The molecule has 2 aliphatic rings. The van der Waals surface area contributed by atoms with Crippen molar-refractivity contribution in [2.45, 2.75) is 29.8 Å². The van der Waals surface area contributed by atoms with E-state index in [4.69, 9.17) is 4.52 Å². The van der Waals surface area contributed by atoms with E-state index in [1.54, 1.807) is 24.3 Å². The molecule has 0 amide bonds. The smallest absolute Gasteiger partial charge is 0.257 e. The van der Waals surface area contributed by atoms with E-state index in [-0.39, 0.29) is 29.4 Å². The zero-order chi connectivity index (χ0) is 17.4. The maximum Gasteiger partial charge on any atom is 0.257 e. The second-order valence-corrected chi connectivity index (χ2v) is 8.29. The standard InChI is InChI=1S/C16H21N5O3S.ClH/c1-21-9-8-17-10-14(21)15-18-16(24-19-15)11-2-6-13(7-3-11)25(22,23)20-12-4-5-12;/h2-3,6-7,12,14,17,20H,4-5,8-10H2,1H3;1H. The molecule has 0 spiro atoms. The Kier molecular flexibility index (Phi) is 5.64. The molecule has 10 heteroatoms. The van der Waals surface area contributed by atoms with Crippen LogP contribution in [0.2, 0.25) is 0 Å². The van der Waals surface area contributed by atoms with Crippen molar-refractivity contribution in [3.63, 3.8) is 0 Å². The van der Waals surface area contributed by atoms with E-state index in [1.165, 1.54) is 0 Å². The van der Waals surface area contributed by atoms with Crippen LogP contribution in [0, 0.1) is 0 Å². The van der Waals surface area contributed by atoms with Crippen molar-refractivity contribution < 1.29 is 12.9 Å². The monoisotopic (exact) mass is 399 g/mol. The lowest BCUT2D eigenvalue weighted by Crippen LogP contribution is -2.44. The number of hydrogen-bond acceptors (Lipinski definition) is 7. The molecular weight excluding hydrogens is 378 g/mol. The van der Waals surface area contributed by atoms with Crippen molar-refractivity contribution in [2.75, 3.05) is 26.7 Å². The Bertz CT molecular complexity index is 851. The fraction of sp³-hybridized carbons (Fsp3) is 0.500. The molecule has 2 N–H and O–H groups in total. The number of aromatic nitrogens is 2. The minimum atomic E-state index is -3.45. The van der Waals surface area contributed by atoms with Crippen molar-refractivity contribution in [1.29, 1.82) is 0 Å². The second-order valence-electron chi connectivity index (χ2n) is 6.58. The van der Waals surface area contributed by atoms with Gasteiger partial charge in [-0.2, -0.15) is 4.98 Å². The fourth-order valence-corrected chi connectivity index (χ4v) is 4.15. The second kappa shape index (κ2) is 7.61. The summed E-state index contributed by atoms with van der Waals surface area (Å²) >= 11 is 0. The number of rotatable bonds is 5. The average molecular weight is 400 g/mol. The summed E-state index contributed by atoms with van der Waals surface area (Å²) in [6, 6.07) is 6.69. The number of hydrogen-bond donors (Lipinski definition) is 2. The Morgan fingerprint density at radius 3 is 2.65 bits per heavy atom. The molecule has 1 atom stereocenters. The van der Waals surface area contributed by atoms with Gasteiger partial charge < -0.3 is 9.84 Å². The van der Waals surface area contributed by atoms with Gasteiger partial charge in [0.2, 0.25) is 10.0 Å². The van der Waals surface area contributed by atoms with Crippen LogP contribution in [-0.2, 0) is 10.0 Å². The first kappa shape index (κ1) is 19.2. The number of benzene rings is 1. The van der Waals surface area contributed by atoms with Crippen LogP contribution in [-0.4, -0.2) is 56.2 Å². The molecule has 0 radical (unpaired) electrons. The highest BCUT2D eigenvalue weighted by molar-refractivity contribution is 7.89. The normalized spacial score (nSPS) is 21.3. The van der Waals surface area contributed by atoms with Crippen LogP contribution in [0.4, 0.5) is 0 Å². The molecule has 26 heavy (non-hydrogen) atoms. The Hall–Kier alpha value is -1.52. The average Bonchev–Trinajstić information content (AvgIpc) is 3.27. The number of likely N-dealkylation sites (N-methyl/N-ethyl adjacent to an activating group) is 1. The first-order chi connectivity index (χ1) is 12.0. The molecule has 2 aromatic rings. The maximum atomic E-state index is 12.2. The van der Waals surface area contributed by atoms with E-state index < -0.39 is 10.0 Å². The van der Waals surface area contributed by atoms with Crippen LogP contribution < -0.4 is 10.0 Å². The van der Waals surface area contributed by atoms with Crippen LogP contribution >= 0.6 is 12.4 Å². The van der Waals surface area contributed by atoms with Gasteiger partial charge in [-0.25, -0.2) is 13.1 Å². The fourth-order valence-electron chi connectivity index (χ4n) is 2.85. The summed E-state index contributed by atoms with van der Waals surface area (Å²) in [6.45, 7) is 2.65. The molecule has 2 fully saturated rings. The molecule has 1 aromatic heterocycles. The number of nitrogens with zero attached hydrogens (tertiary/aromatic N) is 3. The summed E-state index contributed by atoms with van der Waals surface area (Å²) in [6.07, 6.45) is 1.82. The van der Waals surface area contributed by atoms with Gasteiger partial charge in [0.15, 0.2) is 5.82 Å². The van der Waals surface area contributed by atoms with Gasteiger partial charge in [0.05, 0.1) is 10.9 Å². The van der Waals surface area contributed by atoms with Crippen LogP contribution in [0.3, 0.4) is 0 Å². The lowest BCUT2D eigenvalue weighted by atomic mass is 10.2. The van der Waals surface area contributed by atoms with Crippen LogP contribution in [0.1, 0.15) is 24.7 Å². The van der Waals surface area contributed by atoms with Crippen LogP contribution in [0.15, 0.2) is 33.7 Å². The van der Waals surface area contributed by atoms with Crippen LogP contribution in [0.25, 0.3) is 11.5 Å². The Morgan fingerprint density at radius 2 is 2.00 bits per heavy atom. The van der Waals surface area contributed by atoms with Gasteiger partial charge in [-0.1, -0.05) is 5.16 Å². The van der Waals surface area contributed by atoms with E-state index in [0.29, 0.717) is 17.3 Å². The van der Waals surface area contributed by atoms with Crippen molar-refractivity contribution in [3.05, 3.63) is 30.1 Å². The van der Waals surface area contributed by atoms with Crippen molar-refractivity contribution in [1.82, 2.24) is 25.1 Å². The molecule has 1 aliphatic heterocycles. The van der Waals surface area contributed by atoms with E-state index in [1.807, 2.05) is 7.05 Å². The number of halogens is 1. The molecule has 2 heterocycles. The highest BCUT2D eigenvalue weighted by Crippen LogP contribution is 2.25. The third kappa shape index (κ3) is 4.07. The zero-order valence-corrected chi connectivity index (χ0v) is 16.0. The number of piperazine rings is 1. The largest absolute Gasteiger partial charge is 0.334 e. The van der Waals surface area contributed by atoms with Gasteiger partial charge >= 0.3 is 0 Å². The first-order valence-corrected chi connectivity index (χ1v) is 9.88. The summed E-state index contributed by atoms with van der Waals surface area (Å²) in [5.74, 6) is 1.03. The Balaban J connectivity index is 0.00000196. The molecule has 8 nitrogen and oxygen atoms in total. The lowest BCUT2D eigenvalue weighted by Gasteiger charge is -2.30. The van der Waals surface area contributed by atoms with Gasteiger partial charge in [-0.15, -0.1) is 12.4 Å². The highest BCUT2D eigenvalue weighted by atomic mass is 35.5. The van der Waals surface area contributed by atoms with Gasteiger partial charge in [0, 0.05) is 31.2 Å². The van der Waals surface area contributed by atoms with Crippen molar-refractivity contribution in [3.8, 4) is 11.5 Å². The quantitative estimate of drug-likeness (QED) is 0.778. The minimum absolute atomic E-state index is 0. The van der Waals surface area contributed by atoms with E-state index >= 15 is 0 Å². The highest BCUT2D eigenvalue weighted by Gasteiger charge is 2.28. The summed E-state index contributed by atoms with van der Waals surface area (Å²) in [4.78, 5) is 6.91. The topological polar surface area (TPSA) is 100 Å². The lowest BCUT2D eigenvalue weighted by molar-refractivity contribution is 0.190. The van der Waals surface area contributed by atoms with Crippen molar-refractivity contribution >= 4 is 22.4 Å². The Morgan fingerprint density at radius 1 is 1.27 bits per heavy atom. The van der Waals surface area contributed by atoms with Gasteiger partial charge in [-0.05, 0) is 44.2 Å². The molecule has 0 bridgehead atoms. The summed E-state index contributed by atoms with van der Waals surface area (Å²) in [5.41, 5.74) is 0.704. The third-order valence-electron chi connectivity index (χ3n) is 4.56. The summed E-state index contributed by atoms with van der Waals surface area (Å²) in [5, 5.41) is 7.41. The van der Waals surface area contributed by atoms with Gasteiger partial charge in [-0.3, -0.25) is 4.90 Å². The number of nitrogens with one attached hydrogen (secondary N) is 2. The SMILES string of the molecule is CN1CCNCC1c1noc(-c2ccc(S(=O)(=O)NC3CC3)cc2)n1.Cl. The maximum absolute atomic E-state index is 12.2. The van der Waals surface area contributed by atoms with E-state index in [9.17, 15) is 8.42 Å². The molecular formula is C16H22ClN5O3S. The third-order valence-corrected chi connectivity index (χ3v) is 6.10. The molecule has 1 saturated carbocycles. The van der Waals surface area contributed by atoms with Gasteiger partial charge in [0.1, 0.15) is 0 Å².